The first kappa shape index (κ1) is 18.8. The minimum absolute atomic E-state index is 0.789. The molecule has 138 valence electrons. The molecule has 0 aliphatic rings. The quantitative estimate of drug-likeness (QED) is 0.435. The average Bonchev–Trinajstić information content (AvgIpc) is 2.76. The van der Waals surface area contributed by atoms with E-state index in [1.54, 1.807) is 0 Å². The Labute approximate surface area is 170 Å². The van der Waals surface area contributed by atoms with Crippen LogP contribution in [0.25, 0.3) is 0 Å². The van der Waals surface area contributed by atoms with Crippen molar-refractivity contribution in [2.24, 2.45) is 0 Å². The molecule has 0 N–H and O–H groups in total. The molecule has 0 saturated carbocycles. The molecule has 1 atom stereocenters. The van der Waals surface area contributed by atoms with Crippen molar-refractivity contribution in [1.29, 1.82) is 0 Å². The van der Waals surface area contributed by atoms with Gasteiger partial charge in [0.25, 0.3) is 0 Å². The fourth-order valence-electron chi connectivity index (χ4n) is 3.17. The standard InChI is InChI=1S/C25H21OPS/c1-20-16-18-23(19-17-20)28(26)25-15-9-8-14-24(25)27(21-10-4-2-5-11-21)22-12-6-3-7-13-22/h2-19H,1H3. The van der Waals surface area contributed by atoms with Gasteiger partial charge in [0.15, 0.2) is 0 Å². The topological polar surface area (TPSA) is 17.1 Å². The van der Waals surface area contributed by atoms with Crippen molar-refractivity contribution in [2.45, 2.75) is 16.7 Å². The second-order valence-corrected chi connectivity index (χ2v) is 10.2. The van der Waals surface area contributed by atoms with Crippen LogP contribution in [-0.2, 0) is 10.8 Å². The molecule has 0 amide bonds. The summed E-state index contributed by atoms with van der Waals surface area (Å²) >= 11 is 0. The third kappa shape index (κ3) is 3.99. The van der Waals surface area contributed by atoms with E-state index < -0.39 is 18.7 Å². The highest BCUT2D eigenvalue weighted by atomic mass is 32.2. The predicted octanol–water partition coefficient (Wildman–Crippen LogP) is 4.92. The number of aryl methyl sites for hydroxylation is 1. The van der Waals surface area contributed by atoms with Crippen molar-refractivity contribution in [3.05, 3.63) is 115 Å². The van der Waals surface area contributed by atoms with Gasteiger partial charge >= 0.3 is 0 Å². The van der Waals surface area contributed by atoms with Crippen LogP contribution in [0.5, 0.6) is 0 Å². The van der Waals surface area contributed by atoms with Crippen LogP contribution in [0.4, 0.5) is 0 Å². The molecule has 0 radical (unpaired) electrons. The van der Waals surface area contributed by atoms with E-state index in [1.807, 2.05) is 61.5 Å². The smallest absolute Gasteiger partial charge is 0.0856 e. The van der Waals surface area contributed by atoms with E-state index in [9.17, 15) is 4.21 Å². The molecule has 4 rings (SSSR count). The second-order valence-electron chi connectivity index (χ2n) is 6.56. The van der Waals surface area contributed by atoms with E-state index in [4.69, 9.17) is 0 Å². The molecule has 0 fully saturated rings. The summed E-state index contributed by atoms with van der Waals surface area (Å²) in [5.74, 6) is 0. The zero-order valence-corrected chi connectivity index (χ0v) is 17.4. The highest BCUT2D eigenvalue weighted by molar-refractivity contribution is 7.87. The van der Waals surface area contributed by atoms with Crippen LogP contribution in [0, 0.1) is 6.92 Å². The summed E-state index contributed by atoms with van der Waals surface area (Å²) in [5, 5.41) is 3.67. The fraction of sp³-hybridized carbons (Fsp3) is 0.0400. The van der Waals surface area contributed by atoms with Gasteiger partial charge in [-0.1, -0.05) is 96.6 Å². The number of hydrogen-bond acceptors (Lipinski definition) is 1. The Balaban J connectivity index is 1.86. The predicted molar refractivity (Wildman–Crippen MR) is 121 cm³/mol. The Bertz CT molecular complexity index is 1040. The Morgan fingerprint density at radius 3 is 1.68 bits per heavy atom. The van der Waals surface area contributed by atoms with Crippen LogP contribution in [0.15, 0.2) is 119 Å². The monoisotopic (exact) mass is 400 g/mol. The maximum Gasteiger partial charge on any atom is 0.0856 e. The Hall–Kier alpha value is -2.54. The summed E-state index contributed by atoms with van der Waals surface area (Å²) in [6.45, 7) is 2.05. The highest BCUT2D eigenvalue weighted by Gasteiger charge is 2.22. The van der Waals surface area contributed by atoms with Crippen LogP contribution >= 0.6 is 7.92 Å². The van der Waals surface area contributed by atoms with Gasteiger partial charge in [0.2, 0.25) is 0 Å². The van der Waals surface area contributed by atoms with Gasteiger partial charge in [-0.3, -0.25) is 0 Å². The molecule has 3 heteroatoms. The van der Waals surface area contributed by atoms with Crippen LogP contribution in [-0.4, -0.2) is 4.21 Å². The highest BCUT2D eigenvalue weighted by Crippen LogP contribution is 2.35. The SMILES string of the molecule is Cc1ccc(S(=O)c2ccccc2P(c2ccccc2)c2ccccc2)cc1. The summed E-state index contributed by atoms with van der Waals surface area (Å²) < 4.78 is 13.5. The fourth-order valence-corrected chi connectivity index (χ4v) is 7.11. The molecule has 0 saturated heterocycles. The molecule has 4 aromatic carbocycles. The molecule has 0 aromatic heterocycles. The minimum atomic E-state index is -1.22. The van der Waals surface area contributed by atoms with Gasteiger partial charge in [-0.15, -0.1) is 0 Å². The largest absolute Gasteiger partial charge is 0.249 e. The number of rotatable bonds is 5. The van der Waals surface area contributed by atoms with Gasteiger partial charge in [-0.05, 0) is 43.7 Å². The summed E-state index contributed by atoms with van der Waals surface area (Å²) in [6.07, 6.45) is 0. The van der Waals surface area contributed by atoms with Crippen molar-refractivity contribution in [1.82, 2.24) is 0 Å². The van der Waals surface area contributed by atoms with Gasteiger partial charge in [0.05, 0.1) is 15.7 Å². The summed E-state index contributed by atoms with van der Waals surface area (Å²) in [4.78, 5) is 1.74. The normalized spacial score (nSPS) is 12.1. The van der Waals surface area contributed by atoms with Gasteiger partial charge in [0, 0.05) is 10.2 Å². The van der Waals surface area contributed by atoms with E-state index in [2.05, 4.69) is 54.6 Å². The first-order chi connectivity index (χ1) is 13.7. The molecule has 4 aromatic rings. The van der Waals surface area contributed by atoms with Crippen molar-refractivity contribution in [3.63, 3.8) is 0 Å². The van der Waals surface area contributed by atoms with E-state index in [0.29, 0.717) is 0 Å². The Morgan fingerprint density at radius 2 is 1.11 bits per heavy atom. The van der Waals surface area contributed by atoms with Crippen LogP contribution < -0.4 is 15.9 Å². The molecule has 0 spiro atoms. The van der Waals surface area contributed by atoms with Gasteiger partial charge < -0.3 is 0 Å². The van der Waals surface area contributed by atoms with Gasteiger partial charge in [-0.2, -0.15) is 0 Å². The Morgan fingerprint density at radius 1 is 0.607 bits per heavy atom. The van der Waals surface area contributed by atoms with Crippen LogP contribution in [0.3, 0.4) is 0 Å². The van der Waals surface area contributed by atoms with Gasteiger partial charge in [-0.25, -0.2) is 4.21 Å². The third-order valence-electron chi connectivity index (χ3n) is 4.57. The summed E-state index contributed by atoms with van der Waals surface area (Å²) in [5.41, 5.74) is 1.17. The zero-order valence-electron chi connectivity index (χ0n) is 15.7. The Kier molecular flexibility index (Phi) is 5.81. The van der Waals surface area contributed by atoms with Crippen LogP contribution in [0.1, 0.15) is 5.56 Å². The van der Waals surface area contributed by atoms with Crippen molar-refractivity contribution in [3.8, 4) is 0 Å². The number of benzene rings is 4. The van der Waals surface area contributed by atoms with E-state index in [0.717, 1.165) is 15.1 Å². The zero-order chi connectivity index (χ0) is 19.3. The van der Waals surface area contributed by atoms with E-state index in [1.165, 1.54) is 16.2 Å². The maximum atomic E-state index is 13.5. The lowest BCUT2D eigenvalue weighted by atomic mass is 10.2. The number of hydrogen-bond donors (Lipinski definition) is 0. The lowest BCUT2D eigenvalue weighted by Gasteiger charge is -2.22. The maximum absolute atomic E-state index is 13.5. The van der Waals surface area contributed by atoms with E-state index >= 15 is 0 Å². The molecule has 1 unspecified atom stereocenters. The molecule has 1 nitrogen and oxygen atoms in total. The summed E-state index contributed by atoms with van der Waals surface area (Å²) in [7, 11) is -2.01. The lowest BCUT2D eigenvalue weighted by molar-refractivity contribution is 0.683. The van der Waals surface area contributed by atoms with E-state index in [-0.39, 0.29) is 0 Å². The molecule has 0 aliphatic carbocycles. The lowest BCUT2D eigenvalue weighted by Crippen LogP contribution is -2.23. The third-order valence-corrected chi connectivity index (χ3v) is 8.68. The summed E-state index contributed by atoms with van der Waals surface area (Å²) in [6, 6.07) is 37.2. The van der Waals surface area contributed by atoms with Crippen LogP contribution in [0.2, 0.25) is 0 Å². The average molecular weight is 400 g/mol. The van der Waals surface area contributed by atoms with Gasteiger partial charge in [0.1, 0.15) is 0 Å². The van der Waals surface area contributed by atoms with Crippen molar-refractivity contribution in [2.75, 3.05) is 0 Å². The molecule has 0 heterocycles. The first-order valence-corrected chi connectivity index (χ1v) is 11.7. The first-order valence-electron chi connectivity index (χ1n) is 9.22. The molecule has 28 heavy (non-hydrogen) atoms. The molecule has 0 bridgehead atoms. The molecular weight excluding hydrogens is 379 g/mol. The van der Waals surface area contributed by atoms with Crippen molar-refractivity contribution < 1.29 is 4.21 Å². The molecular formula is C25H21OPS. The van der Waals surface area contributed by atoms with Crippen molar-refractivity contribution >= 4 is 34.6 Å². The molecule has 0 aliphatic heterocycles. The second kappa shape index (κ2) is 8.65. The minimum Gasteiger partial charge on any atom is -0.249 e.